The third kappa shape index (κ3) is 1.80. The number of oxazole rings is 1. The van der Waals surface area contributed by atoms with Crippen molar-refractivity contribution in [2.24, 2.45) is 0 Å². The number of hydrogen-bond donors (Lipinski definition) is 0. The van der Waals surface area contributed by atoms with Gasteiger partial charge in [-0.1, -0.05) is 22.9 Å². The molecule has 0 fully saturated rings. The molecular weight excluding hydrogens is 216 g/mol. The minimum Gasteiger partial charge on any atom is -0.440 e. The van der Waals surface area contributed by atoms with Gasteiger partial charge in [0.05, 0.1) is 12.4 Å². The van der Waals surface area contributed by atoms with E-state index in [0.717, 1.165) is 4.34 Å². The lowest BCUT2D eigenvalue weighted by Gasteiger charge is -1.86. The van der Waals surface area contributed by atoms with Gasteiger partial charge < -0.3 is 4.42 Å². The van der Waals surface area contributed by atoms with Crippen molar-refractivity contribution in [2.75, 3.05) is 0 Å². The van der Waals surface area contributed by atoms with Crippen LogP contribution in [0.3, 0.4) is 0 Å². The van der Waals surface area contributed by atoms with Gasteiger partial charge in [0, 0.05) is 11.8 Å². The van der Waals surface area contributed by atoms with Crippen molar-refractivity contribution in [3.05, 3.63) is 23.0 Å². The maximum Gasteiger partial charge on any atom is 0.262 e. The highest BCUT2D eigenvalue weighted by molar-refractivity contribution is 8.00. The van der Waals surface area contributed by atoms with Crippen LogP contribution >= 0.6 is 34.7 Å². The molecule has 0 saturated carbocycles. The van der Waals surface area contributed by atoms with Crippen LogP contribution in [0.2, 0.25) is 4.34 Å². The van der Waals surface area contributed by atoms with Crippen molar-refractivity contribution in [1.29, 1.82) is 0 Å². The lowest BCUT2D eigenvalue weighted by molar-refractivity contribution is 0.454. The molecule has 62 valence electrons. The molecule has 0 N–H and O–H groups in total. The van der Waals surface area contributed by atoms with Crippen LogP contribution in [0.1, 0.15) is 0 Å². The molecule has 0 radical (unpaired) electrons. The highest BCUT2D eigenvalue weighted by atomic mass is 35.5. The summed E-state index contributed by atoms with van der Waals surface area (Å²) < 4.78 is 6.53. The summed E-state index contributed by atoms with van der Waals surface area (Å²) in [7, 11) is 0. The Balaban J connectivity index is 2.14. The fraction of sp³-hybridized carbons (Fsp3) is 0. The topological polar surface area (TPSA) is 38.9 Å². The van der Waals surface area contributed by atoms with E-state index >= 15 is 0 Å². The maximum atomic E-state index is 5.69. The Bertz CT molecular complexity index is 359. The van der Waals surface area contributed by atoms with E-state index < -0.39 is 0 Å². The van der Waals surface area contributed by atoms with Gasteiger partial charge in [0.15, 0.2) is 4.34 Å². The first-order valence-corrected chi connectivity index (χ1v) is 5.04. The molecule has 0 saturated heterocycles. The first-order chi connectivity index (χ1) is 5.84. The van der Waals surface area contributed by atoms with E-state index in [1.54, 1.807) is 12.4 Å². The minimum absolute atomic E-state index is 0.584. The summed E-state index contributed by atoms with van der Waals surface area (Å²) >= 11 is 8.46. The van der Waals surface area contributed by atoms with Crippen molar-refractivity contribution in [3.63, 3.8) is 0 Å². The predicted molar refractivity (Wildman–Crippen MR) is 47.8 cm³/mol. The van der Waals surface area contributed by atoms with Crippen LogP contribution in [0.15, 0.2) is 32.6 Å². The summed E-state index contributed by atoms with van der Waals surface area (Å²) in [6.07, 6.45) is 4.73. The van der Waals surface area contributed by atoms with E-state index in [4.69, 9.17) is 16.0 Å². The van der Waals surface area contributed by atoms with Crippen LogP contribution in [0.25, 0.3) is 0 Å². The summed E-state index contributed by atoms with van der Waals surface area (Å²) in [5.74, 6) is 0. The Morgan fingerprint density at radius 1 is 1.50 bits per heavy atom. The highest BCUT2D eigenvalue weighted by Gasteiger charge is 2.05. The predicted octanol–water partition coefficient (Wildman–Crippen LogP) is 2.94. The molecule has 0 atom stereocenters. The Morgan fingerprint density at radius 2 is 2.42 bits per heavy atom. The highest BCUT2D eigenvalue weighted by Crippen LogP contribution is 2.31. The van der Waals surface area contributed by atoms with Gasteiger partial charge in [0.2, 0.25) is 0 Å². The van der Waals surface area contributed by atoms with Gasteiger partial charge in [-0.2, -0.15) is 0 Å². The van der Waals surface area contributed by atoms with Crippen molar-refractivity contribution < 1.29 is 4.42 Å². The normalized spacial score (nSPS) is 10.4. The van der Waals surface area contributed by atoms with Crippen LogP contribution in [0.5, 0.6) is 0 Å². The summed E-state index contributed by atoms with van der Waals surface area (Å²) in [6.45, 7) is 0. The van der Waals surface area contributed by atoms with E-state index in [1.807, 2.05) is 0 Å². The fourth-order valence-electron chi connectivity index (χ4n) is 0.622. The van der Waals surface area contributed by atoms with E-state index in [1.165, 1.54) is 29.4 Å². The van der Waals surface area contributed by atoms with Gasteiger partial charge in [-0.15, -0.1) is 0 Å². The number of nitrogens with zero attached hydrogens (tertiary/aromatic N) is 2. The van der Waals surface area contributed by atoms with E-state index in [2.05, 4.69) is 9.97 Å². The van der Waals surface area contributed by atoms with E-state index in [0.29, 0.717) is 9.56 Å². The Hall–Kier alpha value is -0.520. The quantitative estimate of drug-likeness (QED) is 0.777. The van der Waals surface area contributed by atoms with Gasteiger partial charge in [-0.25, -0.2) is 9.97 Å². The number of halogens is 1. The molecule has 0 aliphatic carbocycles. The number of hydrogen-bond acceptors (Lipinski definition) is 5. The van der Waals surface area contributed by atoms with Crippen LogP contribution in [-0.4, -0.2) is 9.97 Å². The smallest absolute Gasteiger partial charge is 0.262 e. The summed E-state index contributed by atoms with van der Waals surface area (Å²) in [4.78, 5) is 7.98. The van der Waals surface area contributed by atoms with Crippen molar-refractivity contribution in [2.45, 2.75) is 9.56 Å². The Labute approximate surface area is 81.8 Å². The SMILES string of the molecule is Clc1cnc(Sc2ncco2)s1. The Morgan fingerprint density at radius 3 is 3.00 bits per heavy atom. The lowest BCUT2D eigenvalue weighted by atomic mass is 11.0. The zero-order valence-electron chi connectivity index (χ0n) is 5.73. The van der Waals surface area contributed by atoms with Crippen LogP contribution < -0.4 is 0 Å². The average Bonchev–Trinajstić information content (AvgIpc) is 2.63. The van der Waals surface area contributed by atoms with Gasteiger partial charge in [-0.05, 0) is 0 Å². The number of aromatic nitrogens is 2. The van der Waals surface area contributed by atoms with Crippen molar-refractivity contribution in [3.8, 4) is 0 Å². The molecule has 6 heteroatoms. The third-order valence-corrected chi connectivity index (χ3v) is 3.11. The molecule has 2 rings (SSSR count). The third-order valence-electron chi connectivity index (χ3n) is 1.04. The second-order valence-corrected chi connectivity index (χ2v) is 4.69. The molecule has 0 amide bonds. The average molecular weight is 219 g/mol. The van der Waals surface area contributed by atoms with Crippen molar-refractivity contribution >= 4 is 34.7 Å². The number of thiazole rings is 1. The van der Waals surface area contributed by atoms with Crippen LogP contribution in [-0.2, 0) is 0 Å². The molecule has 0 spiro atoms. The van der Waals surface area contributed by atoms with E-state index in [-0.39, 0.29) is 0 Å². The zero-order valence-corrected chi connectivity index (χ0v) is 8.12. The Kier molecular flexibility index (Phi) is 2.34. The first kappa shape index (κ1) is 8.10. The molecular formula is C6H3ClN2OS2. The lowest BCUT2D eigenvalue weighted by Crippen LogP contribution is -1.68. The summed E-state index contributed by atoms with van der Waals surface area (Å²) in [6, 6.07) is 0. The zero-order chi connectivity index (χ0) is 8.39. The van der Waals surface area contributed by atoms with Gasteiger partial charge in [-0.3, -0.25) is 0 Å². The largest absolute Gasteiger partial charge is 0.440 e. The fourth-order valence-corrected chi connectivity index (χ4v) is 2.53. The van der Waals surface area contributed by atoms with Crippen LogP contribution in [0.4, 0.5) is 0 Å². The standard InChI is InChI=1S/C6H3ClN2OS2/c7-4-3-9-6(11-4)12-5-8-1-2-10-5/h1-3H. The second kappa shape index (κ2) is 3.47. The second-order valence-electron chi connectivity index (χ2n) is 1.83. The number of rotatable bonds is 2. The van der Waals surface area contributed by atoms with Gasteiger partial charge >= 0.3 is 0 Å². The van der Waals surface area contributed by atoms with Crippen LogP contribution in [0, 0.1) is 0 Å². The first-order valence-electron chi connectivity index (χ1n) is 3.03. The molecule has 0 aliphatic heterocycles. The van der Waals surface area contributed by atoms with Gasteiger partial charge in [0.1, 0.15) is 10.6 Å². The molecule has 0 bridgehead atoms. The molecule has 0 unspecified atom stereocenters. The molecule has 3 nitrogen and oxygen atoms in total. The van der Waals surface area contributed by atoms with Gasteiger partial charge in [0.25, 0.3) is 5.22 Å². The molecule has 0 aromatic carbocycles. The van der Waals surface area contributed by atoms with Crippen molar-refractivity contribution in [1.82, 2.24) is 9.97 Å². The van der Waals surface area contributed by atoms with E-state index in [9.17, 15) is 0 Å². The monoisotopic (exact) mass is 218 g/mol. The summed E-state index contributed by atoms with van der Waals surface area (Å²) in [5, 5.41) is 0.584. The molecule has 12 heavy (non-hydrogen) atoms. The summed E-state index contributed by atoms with van der Waals surface area (Å²) in [5.41, 5.74) is 0. The maximum absolute atomic E-state index is 5.69. The molecule has 2 aromatic rings. The molecule has 0 aliphatic rings. The molecule has 2 heterocycles. The minimum atomic E-state index is 0.584. The molecule has 2 aromatic heterocycles.